The summed E-state index contributed by atoms with van der Waals surface area (Å²) in [6.07, 6.45) is 3.82. The van der Waals surface area contributed by atoms with Crippen LogP contribution >= 0.6 is 0 Å². The second-order valence-electron chi connectivity index (χ2n) is 6.76. The molecule has 2 atom stereocenters. The SMILES string of the molecule is CC(C)NC(=O)c1cn(C[C@@H]2C[C@H](F)CN2C(=O)c2nccn2C)nn1. The Bertz CT molecular complexity index is 800. The number of carbonyl (C=O) groups excluding carboxylic acids is 2. The number of aryl methyl sites for hydroxylation is 1. The van der Waals surface area contributed by atoms with E-state index in [-0.39, 0.29) is 54.9 Å². The summed E-state index contributed by atoms with van der Waals surface area (Å²) in [7, 11) is 1.72. The molecule has 3 heterocycles. The van der Waals surface area contributed by atoms with Crippen molar-refractivity contribution in [1.29, 1.82) is 0 Å². The molecule has 26 heavy (non-hydrogen) atoms. The van der Waals surface area contributed by atoms with E-state index >= 15 is 0 Å². The molecular formula is C16H22FN7O2. The molecule has 10 heteroatoms. The number of halogens is 1. The van der Waals surface area contributed by atoms with Gasteiger partial charge >= 0.3 is 0 Å². The standard InChI is InChI=1S/C16H22FN7O2/c1-10(2)19-15(25)13-9-23(21-20-13)8-12-6-11(17)7-24(12)16(26)14-18-4-5-22(14)3/h4-5,9-12H,6-8H2,1-3H3,(H,19,25)/t11-,12-/m0/s1. The van der Waals surface area contributed by atoms with E-state index in [1.165, 1.54) is 22.0 Å². The number of aromatic nitrogens is 5. The van der Waals surface area contributed by atoms with Gasteiger partial charge in [0.2, 0.25) is 0 Å². The van der Waals surface area contributed by atoms with Crippen molar-refractivity contribution in [3.05, 3.63) is 30.1 Å². The van der Waals surface area contributed by atoms with Gasteiger partial charge in [0, 0.05) is 31.9 Å². The van der Waals surface area contributed by atoms with E-state index in [1.54, 1.807) is 17.8 Å². The molecule has 0 saturated carbocycles. The highest BCUT2D eigenvalue weighted by atomic mass is 19.1. The van der Waals surface area contributed by atoms with Crippen LogP contribution < -0.4 is 5.32 Å². The summed E-state index contributed by atoms with van der Waals surface area (Å²) < 4.78 is 17.1. The Morgan fingerprint density at radius 2 is 2.19 bits per heavy atom. The first-order valence-corrected chi connectivity index (χ1v) is 8.48. The maximum Gasteiger partial charge on any atom is 0.290 e. The Kier molecular flexibility index (Phi) is 5.01. The number of nitrogens with zero attached hydrogens (tertiary/aromatic N) is 6. The number of carbonyl (C=O) groups is 2. The van der Waals surface area contributed by atoms with Gasteiger partial charge in [-0.3, -0.25) is 9.59 Å². The third-order valence-corrected chi connectivity index (χ3v) is 4.23. The molecule has 0 aromatic carbocycles. The van der Waals surface area contributed by atoms with E-state index in [2.05, 4.69) is 20.6 Å². The van der Waals surface area contributed by atoms with Crippen LogP contribution in [0.15, 0.2) is 18.6 Å². The first-order chi connectivity index (χ1) is 12.3. The van der Waals surface area contributed by atoms with Gasteiger partial charge in [-0.1, -0.05) is 5.21 Å². The van der Waals surface area contributed by atoms with Crippen molar-refractivity contribution < 1.29 is 14.0 Å². The van der Waals surface area contributed by atoms with Crippen molar-refractivity contribution in [2.45, 2.75) is 45.1 Å². The molecule has 3 rings (SSSR count). The maximum atomic E-state index is 14.0. The highest BCUT2D eigenvalue weighted by Crippen LogP contribution is 2.23. The minimum absolute atomic E-state index is 0.0133. The van der Waals surface area contributed by atoms with E-state index in [1.807, 2.05) is 13.8 Å². The monoisotopic (exact) mass is 363 g/mol. The summed E-state index contributed by atoms with van der Waals surface area (Å²) in [4.78, 5) is 30.2. The molecule has 1 fully saturated rings. The molecule has 1 aliphatic rings. The lowest BCUT2D eigenvalue weighted by atomic mass is 10.2. The Labute approximate surface area is 150 Å². The number of likely N-dealkylation sites (tertiary alicyclic amines) is 1. The van der Waals surface area contributed by atoms with Crippen molar-refractivity contribution in [2.75, 3.05) is 6.54 Å². The molecule has 9 nitrogen and oxygen atoms in total. The van der Waals surface area contributed by atoms with Crippen molar-refractivity contribution in [3.63, 3.8) is 0 Å². The fourth-order valence-electron chi connectivity index (χ4n) is 3.03. The third-order valence-electron chi connectivity index (χ3n) is 4.23. The van der Waals surface area contributed by atoms with Crippen LogP contribution in [0.2, 0.25) is 0 Å². The first-order valence-electron chi connectivity index (χ1n) is 8.48. The Morgan fingerprint density at radius 3 is 2.85 bits per heavy atom. The Morgan fingerprint density at radius 1 is 1.42 bits per heavy atom. The molecule has 2 aromatic heterocycles. The van der Waals surface area contributed by atoms with E-state index in [9.17, 15) is 14.0 Å². The molecule has 2 aromatic rings. The molecule has 140 valence electrons. The third kappa shape index (κ3) is 3.73. The van der Waals surface area contributed by atoms with Crippen LogP contribution in [0.5, 0.6) is 0 Å². The fraction of sp³-hybridized carbons (Fsp3) is 0.562. The van der Waals surface area contributed by atoms with Gasteiger partial charge in [-0.2, -0.15) is 0 Å². The molecule has 0 aliphatic carbocycles. The molecule has 0 bridgehead atoms. The number of imidazole rings is 1. The highest BCUT2D eigenvalue weighted by molar-refractivity contribution is 5.92. The minimum atomic E-state index is -1.10. The summed E-state index contributed by atoms with van der Waals surface area (Å²) in [5.41, 5.74) is 0.190. The summed E-state index contributed by atoms with van der Waals surface area (Å²) in [5.74, 6) is -0.373. The quantitative estimate of drug-likeness (QED) is 0.829. The smallest absolute Gasteiger partial charge is 0.290 e. The lowest BCUT2D eigenvalue weighted by Crippen LogP contribution is -2.39. The van der Waals surface area contributed by atoms with Gasteiger partial charge in [-0.05, 0) is 13.8 Å². The minimum Gasteiger partial charge on any atom is -0.348 e. The molecule has 1 N–H and O–H groups in total. The highest BCUT2D eigenvalue weighted by Gasteiger charge is 2.37. The molecule has 1 saturated heterocycles. The number of rotatable bonds is 5. The average molecular weight is 363 g/mol. The van der Waals surface area contributed by atoms with Gasteiger partial charge in [0.25, 0.3) is 11.8 Å². The summed E-state index contributed by atoms with van der Waals surface area (Å²) >= 11 is 0. The van der Waals surface area contributed by atoms with Crippen molar-refractivity contribution in [1.82, 2.24) is 34.8 Å². The van der Waals surface area contributed by atoms with Gasteiger partial charge in [-0.25, -0.2) is 14.1 Å². The van der Waals surface area contributed by atoms with Crippen LogP contribution in [0.4, 0.5) is 4.39 Å². The first kappa shape index (κ1) is 18.0. The molecule has 0 radical (unpaired) electrons. The van der Waals surface area contributed by atoms with Crippen molar-refractivity contribution >= 4 is 11.8 Å². The predicted octanol–water partition coefficient (Wildman–Crippen LogP) is 0.403. The number of alkyl halides is 1. The maximum absolute atomic E-state index is 14.0. The molecule has 1 aliphatic heterocycles. The molecular weight excluding hydrogens is 341 g/mol. The number of hydrogen-bond acceptors (Lipinski definition) is 5. The van der Waals surface area contributed by atoms with Gasteiger partial charge in [0.05, 0.1) is 25.3 Å². The van der Waals surface area contributed by atoms with Gasteiger partial charge < -0.3 is 14.8 Å². The Balaban J connectivity index is 1.72. The predicted molar refractivity (Wildman–Crippen MR) is 90.2 cm³/mol. The zero-order chi connectivity index (χ0) is 18.8. The van der Waals surface area contributed by atoms with E-state index in [0.717, 1.165) is 0 Å². The molecule has 2 amide bonds. The van der Waals surface area contributed by atoms with E-state index in [4.69, 9.17) is 0 Å². The topological polar surface area (TPSA) is 97.9 Å². The fourth-order valence-corrected chi connectivity index (χ4v) is 3.03. The zero-order valence-electron chi connectivity index (χ0n) is 15.0. The van der Waals surface area contributed by atoms with Crippen LogP contribution in [-0.4, -0.2) is 66.1 Å². The summed E-state index contributed by atoms with van der Waals surface area (Å²) in [6, 6.07) is -0.391. The zero-order valence-corrected chi connectivity index (χ0v) is 15.0. The van der Waals surface area contributed by atoms with E-state index < -0.39 is 6.17 Å². The molecule has 0 spiro atoms. The Hall–Kier alpha value is -2.78. The largest absolute Gasteiger partial charge is 0.348 e. The number of amides is 2. The molecule has 0 unspecified atom stereocenters. The van der Waals surface area contributed by atoms with Crippen LogP contribution in [0.25, 0.3) is 0 Å². The van der Waals surface area contributed by atoms with Crippen molar-refractivity contribution in [3.8, 4) is 0 Å². The van der Waals surface area contributed by atoms with Crippen molar-refractivity contribution in [2.24, 2.45) is 7.05 Å². The average Bonchev–Trinajstić information content (AvgIpc) is 3.27. The van der Waals surface area contributed by atoms with Crippen LogP contribution in [0, 0.1) is 0 Å². The number of nitrogens with one attached hydrogen (secondary N) is 1. The van der Waals surface area contributed by atoms with Gasteiger partial charge in [0.15, 0.2) is 11.5 Å². The summed E-state index contributed by atoms with van der Waals surface area (Å²) in [6.45, 7) is 3.98. The number of hydrogen-bond donors (Lipinski definition) is 1. The van der Waals surface area contributed by atoms with Gasteiger partial charge in [0.1, 0.15) is 6.17 Å². The summed E-state index contributed by atoms with van der Waals surface area (Å²) in [5, 5.41) is 10.5. The normalized spacial score (nSPS) is 20.0. The van der Waals surface area contributed by atoms with Crippen LogP contribution in [0.3, 0.4) is 0 Å². The van der Waals surface area contributed by atoms with Gasteiger partial charge in [-0.15, -0.1) is 5.10 Å². The second-order valence-corrected chi connectivity index (χ2v) is 6.76. The lowest BCUT2D eigenvalue weighted by Gasteiger charge is -2.23. The second kappa shape index (κ2) is 7.22. The van der Waals surface area contributed by atoms with Crippen LogP contribution in [0.1, 0.15) is 41.4 Å². The van der Waals surface area contributed by atoms with Crippen LogP contribution in [-0.2, 0) is 13.6 Å². The lowest BCUT2D eigenvalue weighted by molar-refractivity contribution is 0.0698. The van der Waals surface area contributed by atoms with E-state index in [0.29, 0.717) is 0 Å².